The molecule has 5 heteroatoms. The highest BCUT2D eigenvalue weighted by molar-refractivity contribution is 5.86. The number of carbonyl (C=O) groups excluding carboxylic acids is 1. The van der Waals surface area contributed by atoms with Crippen molar-refractivity contribution in [1.82, 2.24) is 10.6 Å². The first-order valence-corrected chi connectivity index (χ1v) is 6.33. The zero-order valence-electron chi connectivity index (χ0n) is 10.4. The van der Waals surface area contributed by atoms with Crippen LogP contribution in [0.25, 0.3) is 0 Å². The summed E-state index contributed by atoms with van der Waals surface area (Å²) in [6.07, 6.45) is 4.76. The summed E-state index contributed by atoms with van der Waals surface area (Å²) in [5.74, 6) is 0.345. The van der Waals surface area contributed by atoms with E-state index in [-0.39, 0.29) is 35.9 Å². The summed E-state index contributed by atoms with van der Waals surface area (Å²) >= 11 is 0. The van der Waals surface area contributed by atoms with Gasteiger partial charge >= 0.3 is 0 Å². The van der Waals surface area contributed by atoms with Gasteiger partial charge in [0, 0.05) is 12.5 Å². The second-order valence-corrected chi connectivity index (χ2v) is 5.33. The molecule has 17 heavy (non-hydrogen) atoms. The molecule has 3 N–H and O–H groups in total. The number of hydrogen-bond acceptors (Lipinski definition) is 3. The maximum atomic E-state index is 12.0. The lowest BCUT2D eigenvalue weighted by atomic mass is 9.98. The molecule has 0 aromatic heterocycles. The van der Waals surface area contributed by atoms with Crippen molar-refractivity contribution in [2.45, 2.75) is 50.7 Å². The van der Waals surface area contributed by atoms with Crippen LogP contribution in [0.4, 0.5) is 0 Å². The Kier molecular flexibility index (Phi) is 5.22. The van der Waals surface area contributed by atoms with Crippen LogP contribution in [0.5, 0.6) is 0 Å². The van der Waals surface area contributed by atoms with E-state index in [0.717, 1.165) is 38.6 Å². The third kappa shape index (κ3) is 3.33. The van der Waals surface area contributed by atoms with Crippen molar-refractivity contribution in [3.63, 3.8) is 0 Å². The largest absolute Gasteiger partial charge is 0.393 e. The molecule has 0 aromatic carbocycles. The fourth-order valence-corrected chi connectivity index (χ4v) is 2.76. The molecule has 0 radical (unpaired) electrons. The van der Waals surface area contributed by atoms with E-state index in [1.165, 1.54) is 0 Å². The van der Waals surface area contributed by atoms with Crippen LogP contribution in [0.2, 0.25) is 0 Å². The lowest BCUT2D eigenvalue weighted by molar-refractivity contribution is -0.126. The van der Waals surface area contributed by atoms with Crippen molar-refractivity contribution in [3.8, 4) is 0 Å². The fraction of sp³-hybridized carbons (Fsp3) is 0.917. The lowest BCUT2D eigenvalue weighted by Crippen LogP contribution is -2.52. The smallest absolute Gasteiger partial charge is 0.240 e. The molecule has 0 bridgehead atoms. The molecule has 0 spiro atoms. The zero-order chi connectivity index (χ0) is 11.6. The number of aliphatic hydroxyl groups excluding tert-OH is 1. The molecule has 1 saturated carbocycles. The van der Waals surface area contributed by atoms with E-state index in [0.29, 0.717) is 6.54 Å². The van der Waals surface area contributed by atoms with Gasteiger partial charge in [-0.25, -0.2) is 0 Å². The van der Waals surface area contributed by atoms with E-state index < -0.39 is 0 Å². The van der Waals surface area contributed by atoms with Crippen LogP contribution in [0.1, 0.15) is 39.0 Å². The fourth-order valence-electron chi connectivity index (χ4n) is 2.76. The third-order valence-corrected chi connectivity index (χ3v) is 4.01. The highest BCUT2D eigenvalue weighted by Crippen LogP contribution is 2.25. The van der Waals surface area contributed by atoms with E-state index in [9.17, 15) is 9.90 Å². The molecule has 3 atom stereocenters. The molecule has 100 valence electrons. The van der Waals surface area contributed by atoms with E-state index in [1.807, 2.05) is 6.92 Å². The summed E-state index contributed by atoms with van der Waals surface area (Å²) in [7, 11) is 0. The molecule has 3 unspecified atom stereocenters. The maximum absolute atomic E-state index is 12.0. The van der Waals surface area contributed by atoms with Crippen LogP contribution in [0, 0.1) is 5.92 Å². The summed E-state index contributed by atoms with van der Waals surface area (Å²) in [5.41, 5.74) is -0.385. The van der Waals surface area contributed by atoms with Gasteiger partial charge in [0.05, 0.1) is 11.6 Å². The average Bonchev–Trinajstić information content (AvgIpc) is 2.85. The minimum Gasteiger partial charge on any atom is -0.393 e. The van der Waals surface area contributed by atoms with Gasteiger partial charge in [0.2, 0.25) is 5.91 Å². The molecular weight excluding hydrogens is 240 g/mol. The molecular formula is C12H23ClN2O2. The van der Waals surface area contributed by atoms with Crippen LogP contribution in [0.15, 0.2) is 0 Å². The zero-order valence-corrected chi connectivity index (χ0v) is 11.2. The number of rotatable bonds is 3. The standard InChI is InChI=1S/C12H22N2O2.ClH/c1-12(6-3-7-14-12)11(16)13-8-9-4-2-5-10(9)15;/h9-10,14-15H,2-8H2,1H3,(H,13,16);1H. The second kappa shape index (κ2) is 6.03. The van der Waals surface area contributed by atoms with Gasteiger partial charge in [0.15, 0.2) is 0 Å². The van der Waals surface area contributed by atoms with Crippen LogP contribution in [-0.4, -0.2) is 35.7 Å². The SMILES string of the molecule is CC1(C(=O)NCC2CCCC2O)CCCN1.Cl. The molecule has 0 aromatic rings. The topological polar surface area (TPSA) is 61.4 Å². The quantitative estimate of drug-likeness (QED) is 0.706. The van der Waals surface area contributed by atoms with Crippen LogP contribution in [0.3, 0.4) is 0 Å². The van der Waals surface area contributed by atoms with Crippen molar-refractivity contribution in [1.29, 1.82) is 0 Å². The van der Waals surface area contributed by atoms with Gasteiger partial charge in [-0.15, -0.1) is 12.4 Å². The predicted molar refractivity (Wildman–Crippen MR) is 69.2 cm³/mol. The Morgan fingerprint density at radius 2 is 2.24 bits per heavy atom. The normalized spacial score (nSPS) is 36.6. The summed E-state index contributed by atoms with van der Waals surface area (Å²) < 4.78 is 0. The third-order valence-electron chi connectivity index (χ3n) is 4.01. The maximum Gasteiger partial charge on any atom is 0.240 e. The number of halogens is 1. The predicted octanol–water partition coefficient (Wildman–Crippen LogP) is 0.827. The van der Waals surface area contributed by atoms with E-state index in [4.69, 9.17) is 0 Å². The summed E-state index contributed by atoms with van der Waals surface area (Å²) in [4.78, 5) is 12.0. The van der Waals surface area contributed by atoms with Crippen LogP contribution >= 0.6 is 12.4 Å². The summed E-state index contributed by atoms with van der Waals surface area (Å²) in [5, 5.41) is 15.9. The van der Waals surface area contributed by atoms with Gasteiger partial charge in [-0.3, -0.25) is 4.79 Å². The van der Waals surface area contributed by atoms with Gasteiger partial charge < -0.3 is 15.7 Å². The van der Waals surface area contributed by atoms with Crippen molar-refractivity contribution < 1.29 is 9.90 Å². The molecule has 2 aliphatic rings. The van der Waals surface area contributed by atoms with Crippen molar-refractivity contribution in [2.24, 2.45) is 5.92 Å². The minimum absolute atomic E-state index is 0. The van der Waals surface area contributed by atoms with Gasteiger partial charge in [0.25, 0.3) is 0 Å². The second-order valence-electron chi connectivity index (χ2n) is 5.33. The molecule has 1 saturated heterocycles. The van der Waals surface area contributed by atoms with Gasteiger partial charge in [-0.05, 0) is 39.2 Å². The number of carbonyl (C=O) groups is 1. The highest BCUT2D eigenvalue weighted by Gasteiger charge is 2.36. The first-order valence-electron chi connectivity index (χ1n) is 6.33. The highest BCUT2D eigenvalue weighted by atomic mass is 35.5. The number of hydrogen-bond donors (Lipinski definition) is 3. The molecule has 4 nitrogen and oxygen atoms in total. The first-order chi connectivity index (χ1) is 7.62. The minimum atomic E-state index is -0.385. The van der Waals surface area contributed by atoms with Gasteiger partial charge in [-0.2, -0.15) is 0 Å². The van der Waals surface area contributed by atoms with Gasteiger partial charge in [-0.1, -0.05) is 6.42 Å². The van der Waals surface area contributed by atoms with Crippen LogP contribution in [-0.2, 0) is 4.79 Å². The Hall–Kier alpha value is -0.320. The molecule has 1 aliphatic carbocycles. The average molecular weight is 263 g/mol. The Morgan fingerprint density at radius 1 is 1.47 bits per heavy atom. The number of nitrogens with one attached hydrogen (secondary N) is 2. The van der Waals surface area contributed by atoms with E-state index >= 15 is 0 Å². The molecule has 2 fully saturated rings. The monoisotopic (exact) mass is 262 g/mol. The Bertz CT molecular complexity index is 267. The Labute approximate surface area is 109 Å². The Morgan fingerprint density at radius 3 is 2.76 bits per heavy atom. The van der Waals surface area contributed by atoms with Crippen molar-refractivity contribution in [2.75, 3.05) is 13.1 Å². The first kappa shape index (κ1) is 14.7. The lowest BCUT2D eigenvalue weighted by Gasteiger charge is -2.24. The molecule has 1 aliphatic heterocycles. The van der Waals surface area contributed by atoms with Crippen molar-refractivity contribution >= 4 is 18.3 Å². The molecule has 1 amide bonds. The van der Waals surface area contributed by atoms with Gasteiger partial charge in [0.1, 0.15) is 0 Å². The van der Waals surface area contributed by atoms with E-state index in [2.05, 4.69) is 10.6 Å². The van der Waals surface area contributed by atoms with Crippen molar-refractivity contribution in [3.05, 3.63) is 0 Å². The van der Waals surface area contributed by atoms with Crippen LogP contribution < -0.4 is 10.6 Å². The summed E-state index contributed by atoms with van der Waals surface area (Å²) in [6.45, 7) is 3.51. The number of aliphatic hydroxyl groups is 1. The molecule has 2 rings (SSSR count). The summed E-state index contributed by atoms with van der Waals surface area (Å²) in [6, 6.07) is 0. The Balaban J connectivity index is 0.00000144. The molecule has 1 heterocycles. The van der Waals surface area contributed by atoms with E-state index in [1.54, 1.807) is 0 Å². The number of amides is 1.